The van der Waals surface area contributed by atoms with Crippen molar-refractivity contribution in [3.8, 4) is 0 Å². The number of rotatable bonds is 4. The van der Waals surface area contributed by atoms with E-state index in [0.29, 0.717) is 13.0 Å². The Morgan fingerprint density at radius 1 is 1.21 bits per heavy atom. The van der Waals surface area contributed by atoms with Gasteiger partial charge in [-0.15, -0.1) is 0 Å². The predicted molar refractivity (Wildman–Crippen MR) is 72.2 cm³/mol. The van der Waals surface area contributed by atoms with Crippen LogP contribution in [0, 0.1) is 17.0 Å². The zero-order chi connectivity index (χ0) is 13.8. The molecule has 0 spiro atoms. The van der Waals surface area contributed by atoms with Crippen molar-refractivity contribution in [3.05, 3.63) is 74.2 Å². The maximum atomic E-state index is 11.7. The third-order valence-corrected chi connectivity index (χ3v) is 2.94. The number of aromatic nitrogens is 1. The molecule has 0 aliphatic heterocycles. The first kappa shape index (κ1) is 13.0. The molecule has 2 aromatic rings. The zero-order valence-electron chi connectivity index (χ0n) is 10.6. The van der Waals surface area contributed by atoms with Gasteiger partial charge in [0.05, 0.1) is 4.92 Å². The highest BCUT2D eigenvalue weighted by atomic mass is 16.6. The minimum atomic E-state index is -0.422. The van der Waals surface area contributed by atoms with E-state index in [1.54, 1.807) is 29.0 Å². The van der Waals surface area contributed by atoms with Gasteiger partial charge in [-0.1, -0.05) is 12.1 Å². The van der Waals surface area contributed by atoms with E-state index >= 15 is 0 Å². The molecule has 0 saturated carbocycles. The molecule has 2 rings (SSSR count). The standard InChI is InChI=1S/C14H14N2O3/c1-11-6-8-15(14(17)10-11)9-7-12-2-4-13(5-3-12)16(18)19/h2-6,8,10H,7,9H2,1H3. The summed E-state index contributed by atoms with van der Waals surface area (Å²) in [6.45, 7) is 2.44. The first-order valence-electron chi connectivity index (χ1n) is 5.97. The van der Waals surface area contributed by atoms with Crippen LogP contribution in [0.2, 0.25) is 0 Å². The normalized spacial score (nSPS) is 10.4. The molecule has 1 aromatic heterocycles. The van der Waals surface area contributed by atoms with E-state index < -0.39 is 4.92 Å². The number of non-ortho nitro benzene ring substituents is 1. The van der Waals surface area contributed by atoms with Crippen LogP contribution in [0.4, 0.5) is 5.69 Å². The van der Waals surface area contributed by atoms with Gasteiger partial charge < -0.3 is 4.57 Å². The number of nitro benzene ring substituents is 1. The summed E-state index contributed by atoms with van der Waals surface area (Å²) in [5.41, 5.74) is 1.97. The van der Waals surface area contributed by atoms with Gasteiger partial charge in [-0.3, -0.25) is 14.9 Å². The number of hydrogen-bond donors (Lipinski definition) is 0. The molecule has 1 aromatic carbocycles. The second kappa shape index (κ2) is 5.48. The Hall–Kier alpha value is -2.43. The second-order valence-corrected chi connectivity index (χ2v) is 4.41. The van der Waals surface area contributed by atoms with Crippen molar-refractivity contribution in [2.24, 2.45) is 0 Å². The fraction of sp³-hybridized carbons (Fsp3) is 0.214. The summed E-state index contributed by atoms with van der Waals surface area (Å²) >= 11 is 0. The average molecular weight is 258 g/mol. The lowest BCUT2D eigenvalue weighted by atomic mass is 10.1. The lowest BCUT2D eigenvalue weighted by molar-refractivity contribution is -0.384. The Bertz CT molecular complexity index is 644. The molecule has 5 heteroatoms. The number of aryl methyl sites for hydroxylation is 3. The van der Waals surface area contributed by atoms with E-state index in [1.165, 1.54) is 12.1 Å². The minimum absolute atomic E-state index is 0.0260. The minimum Gasteiger partial charge on any atom is -0.315 e. The van der Waals surface area contributed by atoms with Gasteiger partial charge in [0, 0.05) is 30.9 Å². The fourth-order valence-corrected chi connectivity index (χ4v) is 1.83. The van der Waals surface area contributed by atoms with Gasteiger partial charge >= 0.3 is 0 Å². The van der Waals surface area contributed by atoms with Crippen LogP contribution in [-0.4, -0.2) is 9.49 Å². The monoisotopic (exact) mass is 258 g/mol. The van der Waals surface area contributed by atoms with Gasteiger partial charge in [-0.2, -0.15) is 0 Å². The average Bonchev–Trinajstić information content (AvgIpc) is 2.38. The molecule has 0 amide bonds. The molecule has 0 unspecified atom stereocenters. The van der Waals surface area contributed by atoms with Crippen LogP contribution < -0.4 is 5.56 Å². The molecule has 0 aliphatic rings. The molecule has 0 fully saturated rings. The largest absolute Gasteiger partial charge is 0.315 e. The highest BCUT2D eigenvalue weighted by Crippen LogP contribution is 2.12. The Kier molecular flexibility index (Phi) is 3.75. The Morgan fingerprint density at radius 3 is 2.47 bits per heavy atom. The van der Waals surface area contributed by atoms with Crippen molar-refractivity contribution >= 4 is 5.69 Å². The van der Waals surface area contributed by atoms with E-state index in [-0.39, 0.29) is 11.2 Å². The lowest BCUT2D eigenvalue weighted by Crippen LogP contribution is -2.19. The van der Waals surface area contributed by atoms with Gasteiger partial charge in [0.2, 0.25) is 0 Å². The summed E-state index contributed by atoms with van der Waals surface area (Å²) in [5.74, 6) is 0. The maximum absolute atomic E-state index is 11.7. The van der Waals surface area contributed by atoms with Crippen molar-refractivity contribution in [2.75, 3.05) is 0 Å². The van der Waals surface area contributed by atoms with Gasteiger partial charge in [0.1, 0.15) is 0 Å². The quantitative estimate of drug-likeness (QED) is 0.624. The molecule has 0 radical (unpaired) electrons. The van der Waals surface area contributed by atoms with Crippen molar-refractivity contribution in [3.63, 3.8) is 0 Å². The van der Waals surface area contributed by atoms with E-state index in [9.17, 15) is 14.9 Å². The smallest absolute Gasteiger partial charge is 0.269 e. The van der Waals surface area contributed by atoms with Crippen molar-refractivity contribution in [2.45, 2.75) is 19.9 Å². The van der Waals surface area contributed by atoms with Crippen LogP contribution >= 0.6 is 0 Å². The molecular formula is C14H14N2O3. The molecular weight excluding hydrogens is 244 g/mol. The van der Waals surface area contributed by atoms with Crippen LogP contribution in [0.5, 0.6) is 0 Å². The highest BCUT2D eigenvalue weighted by molar-refractivity contribution is 5.32. The van der Waals surface area contributed by atoms with Gasteiger partial charge in [-0.25, -0.2) is 0 Å². The van der Waals surface area contributed by atoms with Gasteiger partial charge in [-0.05, 0) is 30.5 Å². The van der Waals surface area contributed by atoms with E-state index in [0.717, 1.165) is 11.1 Å². The summed E-state index contributed by atoms with van der Waals surface area (Å²) in [4.78, 5) is 21.8. The zero-order valence-corrected chi connectivity index (χ0v) is 10.6. The number of benzene rings is 1. The maximum Gasteiger partial charge on any atom is 0.269 e. The Labute approximate surface area is 110 Å². The molecule has 98 valence electrons. The summed E-state index contributed by atoms with van der Waals surface area (Å²) in [6.07, 6.45) is 2.43. The molecule has 0 aliphatic carbocycles. The molecule has 0 atom stereocenters. The molecule has 0 saturated heterocycles. The first-order chi connectivity index (χ1) is 9.06. The number of nitrogens with zero attached hydrogens (tertiary/aromatic N) is 2. The Balaban J connectivity index is 2.06. The molecule has 1 heterocycles. The SMILES string of the molecule is Cc1ccn(CCc2ccc([N+](=O)[O-])cc2)c(=O)c1. The predicted octanol–water partition coefficient (Wildman–Crippen LogP) is 2.31. The third kappa shape index (κ3) is 3.28. The number of nitro groups is 1. The molecule has 19 heavy (non-hydrogen) atoms. The highest BCUT2D eigenvalue weighted by Gasteiger charge is 2.04. The lowest BCUT2D eigenvalue weighted by Gasteiger charge is -2.05. The van der Waals surface area contributed by atoms with Crippen molar-refractivity contribution in [1.82, 2.24) is 4.57 Å². The number of hydrogen-bond acceptors (Lipinski definition) is 3. The molecule has 0 N–H and O–H groups in total. The van der Waals surface area contributed by atoms with Crippen LogP contribution in [-0.2, 0) is 13.0 Å². The molecule has 5 nitrogen and oxygen atoms in total. The van der Waals surface area contributed by atoms with Crippen LogP contribution in [0.3, 0.4) is 0 Å². The van der Waals surface area contributed by atoms with Crippen LogP contribution in [0.25, 0.3) is 0 Å². The number of pyridine rings is 1. The van der Waals surface area contributed by atoms with Crippen molar-refractivity contribution < 1.29 is 4.92 Å². The topological polar surface area (TPSA) is 65.1 Å². The third-order valence-electron chi connectivity index (χ3n) is 2.94. The summed E-state index contributed by atoms with van der Waals surface area (Å²) in [5, 5.41) is 10.5. The van der Waals surface area contributed by atoms with E-state index in [4.69, 9.17) is 0 Å². The molecule has 0 bridgehead atoms. The van der Waals surface area contributed by atoms with Crippen molar-refractivity contribution in [1.29, 1.82) is 0 Å². The van der Waals surface area contributed by atoms with Crippen LogP contribution in [0.1, 0.15) is 11.1 Å². The van der Waals surface area contributed by atoms with E-state index in [2.05, 4.69) is 0 Å². The fourth-order valence-electron chi connectivity index (χ4n) is 1.83. The van der Waals surface area contributed by atoms with E-state index in [1.807, 2.05) is 13.0 Å². The first-order valence-corrected chi connectivity index (χ1v) is 5.97. The van der Waals surface area contributed by atoms with Gasteiger partial charge in [0.25, 0.3) is 11.2 Å². The second-order valence-electron chi connectivity index (χ2n) is 4.41. The summed E-state index contributed by atoms with van der Waals surface area (Å²) in [7, 11) is 0. The Morgan fingerprint density at radius 2 is 1.89 bits per heavy atom. The van der Waals surface area contributed by atoms with Gasteiger partial charge in [0.15, 0.2) is 0 Å². The van der Waals surface area contributed by atoms with Crippen LogP contribution in [0.15, 0.2) is 47.4 Å². The summed E-state index contributed by atoms with van der Waals surface area (Å²) < 4.78 is 1.63. The summed E-state index contributed by atoms with van der Waals surface area (Å²) in [6, 6.07) is 9.88.